The average molecular weight is 378 g/mol. The molecule has 2 aromatic rings. The van der Waals surface area contributed by atoms with E-state index in [0.717, 1.165) is 30.6 Å². The van der Waals surface area contributed by atoms with Crippen molar-refractivity contribution >= 4 is 0 Å². The number of piperidine rings is 1. The Morgan fingerprint density at radius 1 is 1.04 bits per heavy atom. The van der Waals surface area contributed by atoms with Crippen LogP contribution in [0.5, 0.6) is 5.75 Å². The van der Waals surface area contributed by atoms with Gasteiger partial charge in [-0.3, -0.25) is 0 Å². The maximum absolute atomic E-state index is 5.54. The van der Waals surface area contributed by atoms with E-state index in [2.05, 4.69) is 73.8 Å². The van der Waals surface area contributed by atoms with E-state index in [9.17, 15) is 0 Å². The van der Waals surface area contributed by atoms with Crippen molar-refractivity contribution in [2.75, 3.05) is 13.7 Å². The molecule has 5 atom stereocenters. The molecular weight excluding hydrogens is 342 g/mol. The largest absolute Gasteiger partial charge is 0.497 e. The minimum absolute atomic E-state index is 0.252. The highest BCUT2D eigenvalue weighted by Crippen LogP contribution is 2.53. The van der Waals surface area contributed by atoms with Crippen molar-refractivity contribution in [3.63, 3.8) is 0 Å². The van der Waals surface area contributed by atoms with Gasteiger partial charge in [-0.25, -0.2) is 0 Å². The van der Waals surface area contributed by atoms with E-state index < -0.39 is 0 Å². The number of nitrogens with one attached hydrogen (secondary N) is 1. The normalized spacial score (nSPS) is 32.1. The third-order valence-corrected chi connectivity index (χ3v) is 7.66. The van der Waals surface area contributed by atoms with Crippen LogP contribution in [-0.4, -0.2) is 19.2 Å². The Morgan fingerprint density at radius 2 is 1.86 bits per heavy atom. The summed E-state index contributed by atoms with van der Waals surface area (Å²) in [6.45, 7) is 5.91. The van der Waals surface area contributed by atoms with Crippen LogP contribution in [0.25, 0.3) is 0 Å². The van der Waals surface area contributed by atoms with Crippen molar-refractivity contribution in [3.8, 4) is 5.75 Å². The number of benzene rings is 2. The molecule has 5 unspecified atom stereocenters. The Kier molecular flexibility index (Phi) is 5.78. The summed E-state index contributed by atoms with van der Waals surface area (Å²) in [6, 6.07) is 20.0. The molecule has 1 heterocycles. The summed E-state index contributed by atoms with van der Waals surface area (Å²) in [5, 5.41) is 4.08. The molecule has 0 radical (unpaired) electrons. The number of ether oxygens (including phenoxy) is 1. The van der Waals surface area contributed by atoms with Crippen molar-refractivity contribution in [1.29, 1.82) is 0 Å². The third-order valence-electron chi connectivity index (χ3n) is 7.66. The van der Waals surface area contributed by atoms with Crippen LogP contribution in [0.15, 0.2) is 54.6 Å². The van der Waals surface area contributed by atoms with Crippen LogP contribution in [0.1, 0.15) is 56.6 Å². The molecule has 0 amide bonds. The first-order valence-electron chi connectivity index (χ1n) is 11.1. The van der Waals surface area contributed by atoms with Gasteiger partial charge >= 0.3 is 0 Å². The summed E-state index contributed by atoms with van der Waals surface area (Å²) < 4.78 is 5.54. The topological polar surface area (TPSA) is 21.3 Å². The van der Waals surface area contributed by atoms with Gasteiger partial charge in [0.1, 0.15) is 5.75 Å². The molecule has 2 aromatic carbocycles. The predicted octanol–water partition coefficient (Wildman–Crippen LogP) is 5.83. The molecule has 2 bridgehead atoms. The van der Waals surface area contributed by atoms with Crippen LogP contribution in [0, 0.1) is 17.8 Å². The smallest absolute Gasteiger partial charge is 0.119 e. The van der Waals surface area contributed by atoms with Crippen LogP contribution in [-0.2, 0) is 6.42 Å². The minimum Gasteiger partial charge on any atom is -0.497 e. The second kappa shape index (κ2) is 8.29. The Morgan fingerprint density at radius 3 is 2.57 bits per heavy atom. The van der Waals surface area contributed by atoms with Gasteiger partial charge in [-0.1, -0.05) is 69.2 Å². The third kappa shape index (κ3) is 3.59. The first-order chi connectivity index (χ1) is 13.7. The summed E-state index contributed by atoms with van der Waals surface area (Å²) in [6.07, 6.45) is 6.23. The van der Waals surface area contributed by atoms with E-state index in [1.165, 1.54) is 36.8 Å². The molecule has 4 rings (SSSR count). The first-order valence-corrected chi connectivity index (χ1v) is 11.1. The Bertz CT molecular complexity index is 773. The van der Waals surface area contributed by atoms with Crippen molar-refractivity contribution in [3.05, 3.63) is 65.7 Å². The molecule has 1 saturated heterocycles. The number of fused-ring (bicyclic) bond motifs is 2. The predicted molar refractivity (Wildman–Crippen MR) is 117 cm³/mol. The van der Waals surface area contributed by atoms with Gasteiger partial charge in [-0.15, -0.1) is 0 Å². The van der Waals surface area contributed by atoms with Crippen molar-refractivity contribution in [2.24, 2.45) is 17.8 Å². The summed E-state index contributed by atoms with van der Waals surface area (Å²) in [5.41, 5.74) is 3.21. The molecule has 0 spiro atoms. The van der Waals surface area contributed by atoms with E-state index in [0.29, 0.717) is 11.8 Å². The minimum atomic E-state index is 0.252. The maximum Gasteiger partial charge on any atom is 0.119 e. The van der Waals surface area contributed by atoms with Gasteiger partial charge in [0.2, 0.25) is 0 Å². The van der Waals surface area contributed by atoms with E-state index in [-0.39, 0.29) is 5.54 Å². The molecule has 1 aliphatic carbocycles. The molecular formula is C26H35NO. The fraction of sp³-hybridized carbons (Fsp3) is 0.538. The second-order valence-corrected chi connectivity index (χ2v) is 8.96. The van der Waals surface area contributed by atoms with Crippen molar-refractivity contribution in [1.82, 2.24) is 5.32 Å². The molecule has 2 nitrogen and oxygen atoms in total. The number of rotatable bonds is 6. The summed E-state index contributed by atoms with van der Waals surface area (Å²) in [5.74, 6) is 3.87. The molecule has 150 valence electrons. The van der Waals surface area contributed by atoms with Crippen molar-refractivity contribution in [2.45, 2.75) is 57.4 Å². The highest BCUT2D eigenvalue weighted by atomic mass is 16.5. The van der Waals surface area contributed by atoms with E-state index >= 15 is 0 Å². The molecule has 2 heteroatoms. The summed E-state index contributed by atoms with van der Waals surface area (Å²) in [4.78, 5) is 0. The van der Waals surface area contributed by atoms with E-state index in [1.807, 2.05) is 0 Å². The van der Waals surface area contributed by atoms with Gasteiger partial charge in [0.05, 0.1) is 7.11 Å². The van der Waals surface area contributed by atoms with Gasteiger partial charge in [0.25, 0.3) is 0 Å². The lowest BCUT2D eigenvalue weighted by atomic mass is 9.55. The van der Waals surface area contributed by atoms with Crippen LogP contribution < -0.4 is 10.1 Å². The van der Waals surface area contributed by atoms with Gasteiger partial charge in [-0.2, -0.15) is 0 Å². The lowest BCUT2D eigenvalue weighted by Crippen LogP contribution is -2.63. The quantitative estimate of drug-likeness (QED) is 0.684. The molecule has 1 saturated carbocycles. The van der Waals surface area contributed by atoms with Gasteiger partial charge in [0.15, 0.2) is 0 Å². The second-order valence-electron chi connectivity index (χ2n) is 8.96. The maximum atomic E-state index is 5.54. The van der Waals surface area contributed by atoms with Crippen LogP contribution in [0.2, 0.25) is 0 Å². The van der Waals surface area contributed by atoms with Crippen LogP contribution >= 0.6 is 0 Å². The molecule has 2 aliphatic rings. The molecule has 1 aliphatic heterocycles. The standard InChI is InChI=1S/C26H35NO/c1-4-20-18-27-26(16-19-10-7-6-8-11-19)17-25(20)24(15-22(26)5-2)21-12-9-13-23(14-21)28-3/h6-14,20,22,24-25,27H,4-5,15-18H2,1-3H3. The highest BCUT2D eigenvalue weighted by molar-refractivity contribution is 5.33. The molecule has 2 fully saturated rings. The lowest BCUT2D eigenvalue weighted by molar-refractivity contribution is 0.00917. The fourth-order valence-electron chi connectivity index (χ4n) is 6.13. The van der Waals surface area contributed by atoms with Gasteiger partial charge < -0.3 is 10.1 Å². The highest BCUT2D eigenvalue weighted by Gasteiger charge is 2.51. The zero-order valence-electron chi connectivity index (χ0n) is 17.7. The summed E-state index contributed by atoms with van der Waals surface area (Å²) in [7, 11) is 1.78. The van der Waals surface area contributed by atoms with Crippen LogP contribution in [0.4, 0.5) is 0 Å². The monoisotopic (exact) mass is 377 g/mol. The van der Waals surface area contributed by atoms with Gasteiger partial charge in [0, 0.05) is 5.54 Å². The first kappa shape index (κ1) is 19.5. The van der Waals surface area contributed by atoms with Gasteiger partial charge in [-0.05, 0) is 72.7 Å². The number of hydrogen-bond donors (Lipinski definition) is 1. The Hall–Kier alpha value is -1.80. The Labute approximate surface area is 170 Å². The summed E-state index contributed by atoms with van der Waals surface area (Å²) >= 11 is 0. The van der Waals surface area contributed by atoms with E-state index in [4.69, 9.17) is 4.74 Å². The molecule has 28 heavy (non-hydrogen) atoms. The van der Waals surface area contributed by atoms with Crippen molar-refractivity contribution < 1.29 is 4.74 Å². The van der Waals surface area contributed by atoms with E-state index in [1.54, 1.807) is 7.11 Å². The zero-order valence-corrected chi connectivity index (χ0v) is 17.7. The fourth-order valence-corrected chi connectivity index (χ4v) is 6.13. The zero-order chi connectivity index (χ0) is 19.6. The molecule has 1 N–H and O–H groups in total. The number of hydrogen-bond acceptors (Lipinski definition) is 2. The SMILES string of the molecule is CCC1CNC2(Cc3ccccc3)CC1C(c1cccc(OC)c1)CC2CC. The molecule has 0 aromatic heterocycles. The Balaban J connectivity index is 1.67. The number of methoxy groups -OCH3 is 1. The lowest BCUT2D eigenvalue weighted by Gasteiger charge is -2.57. The van der Waals surface area contributed by atoms with Crippen LogP contribution in [0.3, 0.4) is 0 Å². The average Bonchev–Trinajstić information content (AvgIpc) is 2.75.